The second kappa shape index (κ2) is 6.38. The Morgan fingerprint density at radius 3 is 2.19 bits per heavy atom. The molecule has 0 rings (SSSR count). The van der Waals surface area contributed by atoms with Crippen LogP contribution >= 0.6 is 7.60 Å². The van der Waals surface area contributed by atoms with E-state index in [1.54, 1.807) is 0 Å². The van der Waals surface area contributed by atoms with Gasteiger partial charge in [0.2, 0.25) is 0 Å². The lowest BCUT2D eigenvalue weighted by Gasteiger charge is -2.16. The SMILES string of the molecule is CC#CC(CP(=O)(OC)OC)CS(=O)(=O)O. The van der Waals surface area contributed by atoms with E-state index in [1.165, 1.54) is 21.1 Å². The van der Waals surface area contributed by atoms with Crippen molar-refractivity contribution in [2.24, 2.45) is 5.92 Å². The lowest BCUT2D eigenvalue weighted by atomic mass is 10.2. The van der Waals surface area contributed by atoms with Crippen LogP contribution in [0.25, 0.3) is 0 Å². The Labute approximate surface area is 95.6 Å². The molecule has 1 N–H and O–H groups in total. The maximum Gasteiger partial charge on any atom is 0.331 e. The molecule has 8 heteroatoms. The molecular formula is C8H15O6PS. The summed E-state index contributed by atoms with van der Waals surface area (Å²) in [6, 6.07) is 0. The molecule has 0 spiro atoms. The number of hydrogen-bond acceptors (Lipinski definition) is 5. The van der Waals surface area contributed by atoms with Gasteiger partial charge in [0.1, 0.15) is 0 Å². The zero-order chi connectivity index (χ0) is 12.8. The number of hydrogen-bond donors (Lipinski definition) is 1. The first-order valence-corrected chi connectivity index (χ1v) is 7.68. The Hall–Kier alpha value is -0.380. The standard InChI is InChI=1S/C8H15O6PS/c1-4-5-8(7-16(10,11)12)6-15(9,13-2)14-3/h8H,6-7H2,1-3H3,(H,10,11,12). The van der Waals surface area contributed by atoms with E-state index in [0.29, 0.717) is 0 Å². The fraction of sp³-hybridized carbons (Fsp3) is 0.750. The highest BCUT2D eigenvalue weighted by atomic mass is 32.2. The summed E-state index contributed by atoms with van der Waals surface area (Å²) in [6.07, 6.45) is -0.180. The van der Waals surface area contributed by atoms with Crippen molar-refractivity contribution in [1.29, 1.82) is 0 Å². The van der Waals surface area contributed by atoms with Crippen LogP contribution in [0.2, 0.25) is 0 Å². The lowest BCUT2D eigenvalue weighted by molar-refractivity contribution is 0.273. The average molecular weight is 270 g/mol. The largest absolute Gasteiger partial charge is 0.331 e. The summed E-state index contributed by atoms with van der Waals surface area (Å²) < 4.78 is 51.1. The van der Waals surface area contributed by atoms with Crippen LogP contribution in [0.4, 0.5) is 0 Å². The Morgan fingerprint density at radius 2 is 1.88 bits per heavy atom. The van der Waals surface area contributed by atoms with Gasteiger partial charge < -0.3 is 9.05 Å². The molecule has 0 saturated carbocycles. The molecule has 0 bridgehead atoms. The van der Waals surface area contributed by atoms with Crippen molar-refractivity contribution >= 4 is 17.7 Å². The van der Waals surface area contributed by atoms with Crippen molar-refractivity contribution in [3.8, 4) is 11.8 Å². The molecule has 94 valence electrons. The van der Waals surface area contributed by atoms with Gasteiger partial charge >= 0.3 is 7.60 Å². The summed E-state index contributed by atoms with van der Waals surface area (Å²) in [7, 11) is -5.10. The molecule has 0 fully saturated rings. The molecule has 6 nitrogen and oxygen atoms in total. The molecule has 0 saturated heterocycles. The molecule has 0 heterocycles. The highest BCUT2D eigenvalue weighted by Gasteiger charge is 2.28. The third kappa shape index (κ3) is 6.26. The van der Waals surface area contributed by atoms with Gasteiger partial charge in [-0.3, -0.25) is 9.12 Å². The van der Waals surface area contributed by atoms with Crippen LogP contribution in [0, 0.1) is 17.8 Å². The molecule has 0 aromatic heterocycles. The smallest absolute Gasteiger partial charge is 0.312 e. The van der Waals surface area contributed by atoms with Gasteiger partial charge in [-0.15, -0.1) is 5.92 Å². The van der Waals surface area contributed by atoms with Crippen molar-refractivity contribution in [1.82, 2.24) is 0 Å². The minimum absolute atomic E-state index is 0.180. The van der Waals surface area contributed by atoms with Gasteiger partial charge in [-0.1, -0.05) is 5.92 Å². The normalized spacial score (nSPS) is 14.0. The quantitative estimate of drug-likeness (QED) is 0.440. The highest BCUT2D eigenvalue weighted by Crippen LogP contribution is 2.47. The van der Waals surface area contributed by atoms with Gasteiger partial charge in [0.25, 0.3) is 10.1 Å². The summed E-state index contributed by atoms with van der Waals surface area (Å²) in [5, 5.41) is 0. The molecule has 0 aliphatic carbocycles. The molecule has 0 aromatic rings. The third-order valence-electron chi connectivity index (χ3n) is 1.76. The van der Waals surface area contributed by atoms with E-state index < -0.39 is 29.4 Å². The van der Waals surface area contributed by atoms with E-state index in [-0.39, 0.29) is 6.16 Å². The predicted octanol–water partition coefficient (Wildman–Crippen LogP) is 1.000. The average Bonchev–Trinajstić information content (AvgIpc) is 2.15. The monoisotopic (exact) mass is 270 g/mol. The van der Waals surface area contributed by atoms with Crippen molar-refractivity contribution in [3.05, 3.63) is 0 Å². The van der Waals surface area contributed by atoms with Crippen LogP contribution in [-0.4, -0.2) is 39.1 Å². The first kappa shape index (κ1) is 15.6. The van der Waals surface area contributed by atoms with Crippen LogP contribution in [0.1, 0.15) is 6.92 Å². The summed E-state index contributed by atoms with van der Waals surface area (Å²) in [4.78, 5) is 0. The Morgan fingerprint density at radius 1 is 1.38 bits per heavy atom. The van der Waals surface area contributed by atoms with Crippen LogP contribution in [-0.2, 0) is 23.7 Å². The van der Waals surface area contributed by atoms with E-state index in [1.807, 2.05) is 0 Å². The zero-order valence-electron chi connectivity index (χ0n) is 9.34. The van der Waals surface area contributed by atoms with E-state index in [0.717, 1.165) is 0 Å². The Kier molecular flexibility index (Phi) is 6.23. The van der Waals surface area contributed by atoms with Crippen molar-refractivity contribution in [3.63, 3.8) is 0 Å². The van der Waals surface area contributed by atoms with Crippen molar-refractivity contribution in [2.45, 2.75) is 6.92 Å². The third-order valence-corrected chi connectivity index (χ3v) is 4.58. The fourth-order valence-corrected chi connectivity index (χ4v) is 3.18. The second-order valence-electron chi connectivity index (χ2n) is 3.00. The van der Waals surface area contributed by atoms with Crippen LogP contribution in [0.3, 0.4) is 0 Å². The lowest BCUT2D eigenvalue weighted by Crippen LogP contribution is -2.18. The molecule has 0 radical (unpaired) electrons. The molecule has 0 amide bonds. The van der Waals surface area contributed by atoms with E-state index in [9.17, 15) is 13.0 Å². The topological polar surface area (TPSA) is 89.9 Å². The first-order chi connectivity index (χ1) is 7.26. The van der Waals surface area contributed by atoms with Gasteiger partial charge in [0, 0.05) is 20.1 Å². The van der Waals surface area contributed by atoms with E-state index in [4.69, 9.17) is 4.55 Å². The van der Waals surface area contributed by atoms with Crippen LogP contribution < -0.4 is 0 Å². The molecule has 0 aromatic carbocycles. The maximum atomic E-state index is 11.7. The van der Waals surface area contributed by atoms with E-state index >= 15 is 0 Å². The minimum Gasteiger partial charge on any atom is -0.312 e. The van der Waals surface area contributed by atoms with E-state index in [2.05, 4.69) is 20.9 Å². The van der Waals surface area contributed by atoms with Gasteiger partial charge in [0.15, 0.2) is 0 Å². The molecule has 0 aliphatic heterocycles. The molecular weight excluding hydrogens is 255 g/mol. The molecule has 16 heavy (non-hydrogen) atoms. The zero-order valence-corrected chi connectivity index (χ0v) is 11.0. The summed E-state index contributed by atoms with van der Waals surface area (Å²) in [5.74, 6) is 3.67. The van der Waals surface area contributed by atoms with Gasteiger partial charge in [-0.25, -0.2) is 0 Å². The predicted molar refractivity (Wildman–Crippen MR) is 59.8 cm³/mol. The summed E-state index contributed by atoms with van der Waals surface area (Å²) in [6.45, 7) is 1.52. The van der Waals surface area contributed by atoms with Gasteiger partial charge in [-0.05, 0) is 6.92 Å². The number of rotatable bonds is 6. The Bertz CT molecular complexity index is 410. The Balaban J connectivity index is 4.81. The fourth-order valence-electron chi connectivity index (χ4n) is 1.09. The molecule has 1 atom stereocenters. The first-order valence-electron chi connectivity index (χ1n) is 4.34. The maximum absolute atomic E-state index is 11.7. The highest BCUT2D eigenvalue weighted by molar-refractivity contribution is 7.85. The minimum atomic E-state index is -4.17. The summed E-state index contributed by atoms with van der Waals surface area (Å²) >= 11 is 0. The van der Waals surface area contributed by atoms with Crippen molar-refractivity contribution in [2.75, 3.05) is 26.1 Å². The molecule has 1 unspecified atom stereocenters. The second-order valence-corrected chi connectivity index (χ2v) is 6.81. The van der Waals surface area contributed by atoms with Gasteiger partial charge in [-0.2, -0.15) is 8.42 Å². The van der Waals surface area contributed by atoms with Gasteiger partial charge in [0.05, 0.1) is 11.9 Å². The van der Waals surface area contributed by atoms with Crippen LogP contribution in [0.5, 0.6) is 0 Å². The van der Waals surface area contributed by atoms with Crippen LogP contribution in [0.15, 0.2) is 0 Å². The molecule has 0 aliphatic rings. The summed E-state index contributed by atoms with van der Waals surface area (Å²) in [5.41, 5.74) is 0. The van der Waals surface area contributed by atoms with Crippen molar-refractivity contribution < 1.29 is 26.6 Å².